The van der Waals surface area contributed by atoms with Crippen molar-refractivity contribution in [3.8, 4) is 0 Å². The van der Waals surface area contributed by atoms with Crippen molar-refractivity contribution < 1.29 is 4.42 Å². The fourth-order valence-corrected chi connectivity index (χ4v) is 0.797. The first-order valence-electron chi connectivity index (χ1n) is 3.89. The van der Waals surface area contributed by atoms with E-state index in [-0.39, 0.29) is 0 Å². The highest BCUT2D eigenvalue weighted by Crippen LogP contribution is 2.08. The Morgan fingerprint density at radius 2 is 2.08 bits per heavy atom. The number of nitrogens with zero attached hydrogens (tertiary/aromatic N) is 3. The van der Waals surface area contributed by atoms with Crippen LogP contribution in [0.3, 0.4) is 0 Å². The van der Waals surface area contributed by atoms with Crippen LogP contribution in [0.2, 0.25) is 0 Å². The molecular weight excluding hydrogens is 154 g/mol. The average Bonchev–Trinajstić information content (AvgIpc) is 2.48. The highest BCUT2D eigenvalue weighted by atomic mass is 16.3. The molecular formula is C8H11N3O. The predicted octanol–water partition coefficient (Wildman–Crippen LogP) is 1.95. The Bertz CT molecular complexity index is 323. The maximum Gasteiger partial charge on any atom is 0.201 e. The number of aryl methyl sites for hydroxylation is 1. The van der Waals surface area contributed by atoms with Crippen molar-refractivity contribution >= 4 is 11.2 Å². The number of hydrogen-bond donors (Lipinski definition) is 0. The van der Waals surface area contributed by atoms with Crippen LogP contribution < -0.4 is 0 Å². The van der Waals surface area contributed by atoms with Crippen molar-refractivity contribution in [2.75, 3.05) is 0 Å². The molecule has 0 unspecified atom stereocenters. The van der Waals surface area contributed by atoms with Crippen molar-refractivity contribution in [2.45, 2.75) is 20.8 Å². The molecule has 0 radical (unpaired) electrons. The van der Waals surface area contributed by atoms with Gasteiger partial charge in [0.15, 0.2) is 11.5 Å². The van der Waals surface area contributed by atoms with Gasteiger partial charge in [0, 0.05) is 6.92 Å². The molecule has 0 aliphatic rings. The van der Waals surface area contributed by atoms with E-state index in [1.54, 1.807) is 13.1 Å². The Kier molecular flexibility index (Phi) is 2.74. The van der Waals surface area contributed by atoms with E-state index < -0.39 is 0 Å². The van der Waals surface area contributed by atoms with Crippen LogP contribution in [0.25, 0.3) is 11.2 Å². The molecule has 0 amide bonds. The SMILES string of the molecule is CC.Cc1nc2ncncc2o1. The second kappa shape index (κ2) is 3.80. The smallest absolute Gasteiger partial charge is 0.201 e. The summed E-state index contributed by atoms with van der Waals surface area (Å²) < 4.78 is 5.13. The lowest BCUT2D eigenvalue weighted by Gasteiger charge is -1.78. The fraction of sp³-hybridized carbons (Fsp3) is 0.375. The maximum atomic E-state index is 5.13. The lowest BCUT2D eigenvalue weighted by Crippen LogP contribution is -1.76. The number of hydrogen-bond acceptors (Lipinski definition) is 4. The van der Waals surface area contributed by atoms with Crippen molar-refractivity contribution in [1.82, 2.24) is 15.0 Å². The van der Waals surface area contributed by atoms with Crippen LogP contribution in [0.4, 0.5) is 0 Å². The first-order chi connectivity index (χ1) is 5.86. The van der Waals surface area contributed by atoms with E-state index in [1.807, 2.05) is 13.8 Å². The van der Waals surface area contributed by atoms with E-state index in [9.17, 15) is 0 Å². The monoisotopic (exact) mass is 165 g/mol. The molecule has 2 rings (SSSR count). The molecule has 0 saturated heterocycles. The molecule has 0 atom stereocenters. The summed E-state index contributed by atoms with van der Waals surface area (Å²) in [7, 11) is 0. The third-order valence-corrected chi connectivity index (χ3v) is 1.18. The van der Waals surface area contributed by atoms with Crippen LogP contribution in [-0.2, 0) is 0 Å². The molecule has 0 bridgehead atoms. The summed E-state index contributed by atoms with van der Waals surface area (Å²) in [5.41, 5.74) is 1.26. The third-order valence-electron chi connectivity index (χ3n) is 1.18. The zero-order chi connectivity index (χ0) is 8.97. The molecule has 2 aromatic rings. The molecule has 2 aromatic heterocycles. The van der Waals surface area contributed by atoms with Gasteiger partial charge in [-0.2, -0.15) is 4.98 Å². The van der Waals surface area contributed by atoms with Gasteiger partial charge in [0.05, 0.1) is 6.20 Å². The summed E-state index contributed by atoms with van der Waals surface area (Å²) in [6.07, 6.45) is 3.05. The van der Waals surface area contributed by atoms with Gasteiger partial charge in [-0.05, 0) is 0 Å². The molecule has 0 aliphatic heterocycles. The molecule has 12 heavy (non-hydrogen) atoms. The van der Waals surface area contributed by atoms with Crippen molar-refractivity contribution in [1.29, 1.82) is 0 Å². The number of fused-ring (bicyclic) bond motifs is 1. The minimum Gasteiger partial charge on any atom is -0.438 e. The van der Waals surface area contributed by atoms with Gasteiger partial charge in [0.25, 0.3) is 0 Å². The van der Waals surface area contributed by atoms with Gasteiger partial charge >= 0.3 is 0 Å². The minimum atomic E-state index is 0.618. The lowest BCUT2D eigenvalue weighted by molar-refractivity contribution is 0.560. The summed E-state index contributed by atoms with van der Waals surface area (Å²) in [4.78, 5) is 11.7. The van der Waals surface area contributed by atoms with Crippen molar-refractivity contribution in [3.63, 3.8) is 0 Å². The molecule has 64 valence electrons. The summed E-state index contributed by atoms with van der Waals surface area (Å²) in [5, 5.41) is 0. The normalized spacial score (nSPS) is 9.25. The Hall–Kier alpha value is -1.45. The largest absolute Gasteiger partial charge is 0.438 e. The topological polar surface area (TPSA) is 51.8 Å². The van der Waals surface area contributed by atoms with Gasteiger partial charge in [-0.25, -0.2) is 9.97 Å². The van der Waals surface area contributed by atoms with Crippen LogP contribution in [0, 0.1) is 6.92 Å². The molecule has 4 heteroatoms. The average molecular weight is 165 g/mol. The van der Waals surface area contributed by atoms with Crippen molar-refractivity contribution in [2.24, 2.45) is 0 Å². The van der Waals surface area contributed by atoms with Gasteiger partial charge in [-0.3, -0.25) is 0 Å². The first-order valence-corrected chi connectivity index (χ1v) is 3.89. The Labute approximate surface area is 70.7 Å². The molecule has 0 saturated carbocycles. The van der Waals surface area contributed by atoms with Gasteiger partial charge in [-0.15, -0.1) is 0 Å². The second-order valence-corrected chi connectivity index (χ2v) is 1.94. The first kappa shape index (κ1) is 8.64. The Morgan fingerprint density at radius 1 is 1.33 bits per heavy atom. The van der Waals surface area contributed by atoms with Crippen LogP contribution in [0.1, 0.15) is 19.7 Å². The zero-order valence-electron chi connectivity index (χ0n) is 7.40. The van der Waals surface area contributed by atoms with Gasteiger partial charge < -0.3 is 4.42 Å². The Morgan fingerprint density at radius 3 is 2.75 bits per heavy atom. The maximum absolute atomic E-state index is 5.13. The number of aromatic nitrogens is 3. The van der Waals surface area contributed by atoms with Crippen LogP contribution >= 0.6 is 0 Å². The number of rotatable bonds is 0. The standard InChI is InChI=1S/C6H5N3O.C2H6/c1-4-9-6-5(10-4)2-7-3-8-6;1-2/h2-3H,1H3;1-2H3. The number of oxazole rings is 1. The highest BCUT2D eigenvalue weighted by molar-refractivity contribution is 5.65. The molecule has 0 spiro atoms. The summed E-state index contributed by atoms with van der Waals surface area (Å²) in [6.45, 7) is 5.78. The predicted molar refractivity (Wildman–Crippen MR) is 45.7 cm³/mol. The second-order valence-electron chi connectivity index (χ2n) is 1.94. The zero-order valence-corrected chi connectivity index (χ0v) is 7.40. The van der Waals surface area contributed by atoms with E-state index >= 15 is 0 Å². The summed E-state index contributed by atoms with van der Waals surface area (Å²) in [5.74, 6) is 0.621. The Balaban J connectivity index is 0.000000336. The third kappa shape index (κ3) is 1.58. The van der Waals surface area contributed by atoms with Gasteiger partial charge in [0.2, 0.25) is 5.65 Å². The van der Waals surface area contributed by atoms with Crippen LogP contribution in [0.5, 0.6) is 0 Å². The van der Waals surface area contributed by atoms with E-state index in [2.05, 4.69) is 15.0 Å². The van der Waals surface area contributed by atoms with E-state index in [0.717, 1.165) is 0 Å². The van der Waals surface area contributed by atoms with E-state index in [4.69, 9.17) is 4.42 Å². The molecule has 2 heterocycles. The van der Waals surface area contributed by atoms with Crippen molar-refractivity contribution in [3.05, 3.63) is 18.4 Å². The minimum absolute atomic E-state index is 0.618. The molecule has 0 aliphatic carbocycles. The van der Waals surface area contributed by atoms with Crippen LogP contribution in [-0.4, -0.2) is 15.0 Å². The lowest BCUT2D eigenvalue weighted by atomic mass is 10.6. The van der Waals surface area contributed by atoms with Gasteiger partial charge in [0.1, 0.15) is 6.33 Å². The molecule has 0 aromatic carbocycles. The van der Waals surface area contributed by atoms with Crippen LogP contribution in [0.15, 0.2) is 16.9 Å². The highest BCUT2D eigenvalue weighted by Gasteiger charge is 1.99. The molecule has 4 nitrogen and oxygen atoms in total. The quantitative estimate of drug-likeness (QED) is 0.598. The van der Waals surface area contributed by atoms with Gasteiger partial charge in [-0.1, -0.05) is 13.8 Å². The molecule has 0 N–H and O–H groups in total. The van der Waals surface area contributed by atoms with E-state index in [0.29, 0.717) is 17.1 Å². The van der Waals surface area contributed by atoms with E-state index in [1.165, 1.54) is 6.33 Å². The molecule has 0 fully saturated rings. The summed E-state index contributed by atoms with van der Waals surface area (Å²) >= 11 is 0. The summed E-state index contributed by atoms with van der Waals surface area (Å²) in [6, 6.07) is 0. The fourth-order valence-electron chi connectivity index (χ4n) is 0.797.